The van der Waals surface area contributed by atoms with E-state index in [0.717, 1.165) is 36.1 Å². The number of likely N-dealkylation sites (N-methyl/N-ethyl adjacent to an activating group) is 1. The number of pyridine rings is 1. The quantitative estimate of drug-likeness (QED) is 0.911. The van der Waals surface area contributed by atoms with E-state index in [1.54, 1.807) is 6.20 Å². The standard InChI is InChI=1S/C15H17N3O/c1-2-16-13-8-10-18(15(13)19)14-7-3-6-12-11(14)5-4-9-17-12/h3-7,9,13,16H,2,8,10H2,1H3. The predicted molar refractivity (Wildman–Crippen MR) is 76.2 cm³/mol. The number of fused-ring (bicyclic) bond motifs is 1. The van der Waals surface area contributed by atoms with Crippen molar-refractivity contribution >= 4 is 22.5 Å². The molecule has 0 bridgehead atoms. The van der Waals surface area contributed by atoms with Crippen LogP contribution in [-0.2, 0) is 4.79 Å². The van der Waals surface area contributed by atoms with Gasteiger partial charge in [0.25, 0.3) is 0 Å². The van der Waals surface area contributed by atoms with Crippen LogP contribution in [0.25, 0.3) is 10.9 Å². The van der Waals surface area contributed by atoms with Gasteiger partial charge in [0.15, 0.2) is 0 Å². The zero-order valence-corrected chi connectivity index (χ0v) is 11.0. The fourth-order valence-corrected chi connectivity index (χ4v) is 2.68. The molecule has 4 nitrogen and oxygen atoms in total. The third-order valence-electron chi connectivity index (χ3n) is 3.57. The summed E-state index contributed by atoms with van der Waals surface area (Å²) in [5, 5.41) is 4.27. The Labute approximate surface area is 112 Å². The number of nitrogens with zero attached hydrogens (tertiary/aromatic N) is 2. The maximum atomic E-state index is 12.4. The lowest BCUT2D eigenvalue weighted by atomic mass is 10.1. The maximum absolute atomic E-state index is 12.4. The van der Waals surface area contributed by atoms with Crippen molar-refractivity contribution in [1.29, 1.82) is 0 Å². The van der Waals surface area contributed by atoms with Gasteiger partial charge in [0, 0.05) is 18.1 Å². The van der Waals surface area contributed by atoms with Crippen molar-refractivity contribution in [3.63, 3.8) is 0 Å². The molecule has 4 heteroatoms. The molecule has 1 saturated heterocycles. The number of aromatic nitrogens is 1. The van der Waals surface area contributed by atoms with Gasteiger partial charge < -0.3 is 10.2 Å². The number of hydrogen-bond acceptors (Lipinski definition) is 3. The highest BCUT2D eigenvalue weighted by atomic mass is 16.2. The third-order valence-corrected chi connectivity index (χ3v) is 3.57. The monoisotopic (exact) mass is 255 g/mol. The second-order valence-corrected chi connectivity index (χ2v) is 4.74. The molecule has 1 unspecified atom stereocenters. The van der Waals surface area contributed by atoms with Crippen molar-refractivity contribution < 1.29 is 4.79 Å². The molecule has 3 rings (SSSR count). The Morgan fingerprint density at radius 1 is 1.37 bits per heavy atom. The summed E-state index contributed by atoms with van der Waals surface area (Å²) >= 11 is 0. The normalized spacial score (nSPS) is 19.3. The van der Waals surface area contributed by atoms with E-state index >= 15 is 0 Å². The molecule has 2 heterocycles. The minimum Gasteiger partial charge on any atom is -0.310 e. The molecule has 1 fully saturated rings. The van der Waals surface area contributed by atoms with Gasteiger partial charge in [-0.2, -0.15) is 0 Å². The van der Waals surface area contributed by atoms with E-state index in [9.17, 15) is 4.79 Å². The van der Waals surface area contributed by atoms with E-state index in [0.29, 0.717) is 0 Å². The van der Waals surface area contributed by atoms with Crippen molar-refractivity contribution in [3.05, 3.63) is 36.5 Å². The Hall–Kier alpha value is -1.94. The molecule has 1 atom stereocenters. The van der Waals surface area contributed by atoms with Gasteiger partial charge in [0.1, 0.15) is 0 Å². The lowest BCUT2D eigenvalue weighted by molar-refractivity contribution is -0.118. The summed E-state index contributed by atoms with van der Waals surface area (Å²) in [6.07, 6.45) is 2.64. The number of carbonyl (C=O) groups excluding carboxylic acids is 1. The Morgan fingerprint density at radius 3 is 3.11 bits per heavy atom. The van der Waals surface area contributed by atoms with E-state index in [4.69, 9.17) is 0 Å². The van der Waals surface area contributed by atoms with Crippen molar-refractivity contribution in [2.75, 3.05) is 18.0 Å². The summed E-state index contributed by atoms with van der Waals surface area (Å²) in [7, 11) is 0. The van der Waals surface area contributed by atoms with E-state index in [-0.39, 0.29) is 11.9 Å². The molecule has 1 aliphatic rings. The van der Waals surface area contributed by atoms with Gasteiger partial charge in [-0.05, 0) is 37.2 Å². The van der Waals surface area contributed by atoms with Crippen LogP contribution < -0.4 is 10.2 Å². The van der Waals surface area contributed by atoms with Crippen molar-refractivity contribution in [2.45, 2.75) is 19.4 Å². The fraction of sp³-hybridized carbons (Fsp3) is 0.333. The molecule has 1 aromatic carbocycles. The smallest absolute Gasteiger partial charge is 0.244 e. The highest BCUT2D eigenvalue weighted by molar-refractivity contribution is 6.06. The summed E-state index contributed by atoms with van der Waals surface area (Å²) in [4.78, 5) is 18.6. The molecular weight excluding hydrogens is 238 g/mol. The SMILES string of the molecule is CCNC1CCN(c2cccc3ncccc23)C1=O. The van der Waals surface area contributed by atoms with Crippen LogP contribution in [0.3, 0.4) is 0 Å². The van der Waals surface area contributed by atoms with E-state index in [2.05, 4.69) is 10.3 Å². The molecule has 1 amide bonds. The lowest BCUT2D eigenvalue weighted by Crippen LogP contribution is -2.38. The first-order chi connectivity index (χ1) is 9.31. The minimum atomic E-state index is -0.0445. The number of benzene rings is 1. The van der Waals surface area contributed by atoms with Crippen molar-refractivity contribution in [1.82, 2.24) is 10.3 Å². The van der Waals surface area contributed by atoms with Crippen LogP contribution in [0, 0.1) is 0 Å². The molecule has 1 aliphatic heterocycles. The summed E-state index contributed by atoms with van der Waals surface area (Å²) in [5.74, 6) is 0.165. The summed E-state index contributed by atoms with van der Waals surface area (Å²) in [5.41, 5.74) is 1.90. The molecule has 0 spiro atoms. The van der Waals surface area contributed by atoms with Crippen LogP contribution in [0.2, 0.25) is 0 Å². The van der Waals surface area contributed by atoms with Crippen LogP contribution in [-0.4, -0.2) is 30.0 Å². The topological polar surface area (TPSA) is 45.2 Å². The largest absolute Gasteiger partial charge is 0.310 e. The van der Waals surface area contributed by atoms with Gasteiger partial charge in [-0.3, -0.25) is 9.78 Å². The van der Waals surface area contributed by atoms with Crippen LogP contribution in [0.4, 0.5) is 5.69 Å². The Balaban J connectivity index is 1.99. The average molecular weight is 255 g/mol. The molecule has 0 radical (unpaired) electrons. The van der Waals surface area contributed by atoms with Gasteiger partial charge >= 0.3 is 0 Å². The van der Waals surface area contributed by atoms with Crippen LogP contribution in [0.5, 0.6) is 0 Å². The molecular formula is C15H17N3O. The van der Waals surface area contributed by atoms with E-state index in [1.165, 1.54) is 0 Å². The Morgan fingerprint density at radius 2 is 2.26 bits per heavy atom. The minimum absolute atomic E-state index is 0.0445. The Bertz CT molecular complexity index is 606. The van der Waals surface area contributed by atoms with Crippen molar-refractivity contribution in [3.8, 4) is 0 Å². The van der Waals surface area contributed by atoms with Crippen LogP contribution in [0.1, 0.15) is 13.3 Å². The molecule has 2 aromatic rings. The Kier molecular flexibility index (Phi) is 3.17. The zero-order chi connectivity index (χ0) is 13.2. The number of anilines is 1. The first-order valence-corrected chi connectivity index (χ1v) is 6.69. The molecule has 1 N–H and O–H groups in total. The average Bonchev–Trinajstić information content (AvgIpc) is 2.80. The fourth-order valence-electron chi connectivity index (χ4n) is 2.68. The lowest BCUT2D eigenvalue weighted by Gasteiger charge is -2.18. The second kappa shape index (κ2) is 4.97. The first-order valence-electron chi connectivity index (χ1n) is 6.69. The molecule has 19 heavy (non-hydrogen) atoms. The van der Waals surface area contributed by atoms with Gasteiger partial charge in [0.05, 0.1) is 17.2 Å². The predicted octanol–water partition coefficient (Wildman–Crippen LogP) is 1.95. The van der Waals surface area contributed by atoms with Gasteiger partial charge in [-0.1, -0.05) is 13.0 Å². The number of carbonyl (C=O) groups is 1. The van der Waals surface area contributed by atoms with Gasteiger partial charge in [0.2, 0.25) is 5.91 Å². The van der Waals surface area contributed by atoms with Gasteiger partial charge in [-0.15, -0.1) is 0 Å². The van der Waals surface area contributed by atoms with E-state index in [1.807, 2.05) is 42.2 Å². The molecule has 0 aliphatic carbocycles. The highest BCUT2D eigenvalue weighted by Crippen LogP contribution is 2.28. The summed E-state index contributed by atoms with van der Waals surface area (Å²) < 4.78 is 0. The second-order valence-electron chi connectivity index (χ2n) is 4.74. The van der Waals surface area contributed by atoms with Gasteiger partial charge in [-0.25, -0.2) is 0 Å². The van der Waals surface area contributed by atoms with Crippen molar-refractivity contribution in [2.24, 2.45) is 0 Å². The molecule has 1 aromatic heterocycles. The summed E-state index contributed by atoms with van der Waals surface area (Å²) in [6.45, 7) is 3.61. The number of rotatable bonds is 3. The number of nitrogens with one attached hydrogen (secondary N) is 1. The van der Waals surface area contributed by atoms with Crippen LogP contribution >= 0.6 is 0 Å². The zero-order valence-electron chi connectivity index (χ0n) is 11.0. The first kappa shape index (κ1) is 12.1. The number of hydrogen-bond donors (Lipinski definition) is 1. The number of amides is 1. The highest BCUT2D eigenvalue weighted by Gasteiger charge is 2.32. The van der Waals surface area contributed by atoms with Crippen LogP contribution in [0.15, 0.2) is 36.5 Å². The molecule has 98 valence electrons. The molecule has 0 saturated carbocycles. The maximum Gasteiger partial charge on any atom is 0.244 e. The third kappa shape index (κ3) is 2.08. The van der Waals surface area contributed by atoms with E-state index < -0.39 is 0 Å². The summed E-state index contributed by atoms with van der Waals surface area (Å²) in [6, 6.07) is 9.81.